The number of esters is 1. The molecule has 0 radical (unpaired) electrons. The van der Waals surface area contributed by atoms with Crippen LogP contribution in [0.15, 0.2) is 34.8 Å². The van der Waals surface area contributed by atoms with E-state index in [4.69, 9.17) is 16.3 Å². The minimum absolute atomic E-state index is 0.00433. The van der Waals surface area contributed by atoms with Gasteiger partial charge in [0, 0.05) is 12.7 Å². The third kappa shape index (κ3) is 5.13. The fraction of sp³-hybridized carbons (Fsp3) is 0.235. The van der Waals surface area contributed by atoms with Gasteiger partial charge in [-0.2, -0.15) is 13.2 Å². The number of aromatic nitrogens is 3. The van der Waals surface area contributed by atoms with Crippen molar-refractivity contribution in [2.24, 2.45) is 0 Å². The van der Waals surface area contributed by atoms with Gasteiger partial charge in [0.1, 0.15) is 4.83 Å². The first kappa shape index (κ1) is 21.7. The number of fused-ring (bicyclic) bond motifs is 1. The first-order chi connectivity index (χ1) is 14.1. The zero-order valence-corrected chi connectivity index (χ0v) is 16.5. The summed E-state index contributed by atoms with van der Waals surface area (Å²) in [5.74, 6) is -1.89. The summed E-state index contributed by atoms with van der Waals surface area (Å²) in [7, 11) is 0. The third-order valence-corrected chi connectivity index (χ3v) is 4.91. The van der Waals surface area contributed by atoms with Gasteiger partial charge in [0.25, 0.3) is 11.5 Å². The van der Waals surface area contributed by atoms with Crippen LogP contribution in [0.2, 0.25) is 5.02 Å². The van der Waals surface area contributed by atoms with Crippen LogP contribution >= 0.6 is 22.9 Å². The topological polar surface area (TPSA) is 103 Å². The molecule has 0 fully saturated rings. The van der Waals surface area contributed by atoms with Gasteiger partial charge in [0.2, 0.25) is 0 Å². The van der Waals surface area contributed by atoms with Crippen molar-refractivity contribution >= 4 is 50.8 Å². The van der Waals surface area contributed by atoms with E-state index >= 15 is 0 Å². The van der Waals surface area contributed by atoms with Crippen LogP contribution in [0.5, 0.6) is 0 Å². The Kier molecular flexibility index (Phi) is 6.37. The number of ether oxygens (including phenoxy) is 1. The number of thiophene rings is 1. The predicted molar refractivity (Wildman–Crippen MR) is 102 cm³/mol. The van der Waals surface area contributed by atoms with E-state index in [9.17, 15) is 27.6 Å². The summed E-state index contributed by atoms with van der Waals surface area (Å²) in [4.78, 5) is 44.0. The molecule has 0 aliphatic rings. The van der Waals surface area contributed by atoms with E-state index in [1.165, 1.54) is 22.2 Å². The van der Waals surface area contributed by atoms with Crippen LogP contribution in [0.1, 0.15) is 12.0 Å². The lowest BCUT2D eigenvalue weighted by Gasteiger charge is -2.10. The zero-order valence-electron chi connectivity index (χ0n) is 14.9. The molecule has 0 atom stereocenters. The van der Waals surface area contributed by atoms with E-state index in [2.05, 4.69) is 15.3 Å². The van der Waals surface area contributed by atoms with Crippen molar-refractivity contribution in [3.05, 3.63) is 51.0 Å². The molecular weight excluding hydrogens is 449 g/mol. The molecule has 158 valence electrons. The molecular formula is C17H12ClF3N4O4S. The maximum Gasteiger partial charge on any atom is 0.417 e. The van der Waals surface area contributed by atoms with Crippen LogP contribution in [0.25, 0.3) is 10.2 Å². The summed E-state index contributed by atoms with van der Waals surface area (Å²) in [6.45, 7) is -0.695. The molecule has 3 aromatic heterocycles. The molecule has 0 spiro atoms. The number of anilines is 1. The summed E-state index contributed by atoms with van der Waals surface area (Å²) in [5, 5.41) is 3.91. The average molecular weight is 461 g/mol. The number of hydrogen-bond acceptors (Lipinski definition) is 7. The van der Waals surface area contributed by atoms with Crippen LogP contribution < -0.4 is 10.9 Å². The van der Waals surface area contributed by atoms with Crippen molar-refractivity contribution < 1.29 is 27.5 Å². The van der Waals surface area contributed by atoms with Gasteiger partial charge in [0.05, 0.1) is 28.7 Å². The fourth-order valence-corrected chi connectivity index (χ4v) is 3.27. The van der Waals surface area contributed by atoms with Crippen LogP contribution in [0.4, 0.5) is 19.0 Å². The number of amides is 1. The highest BCUT2D eigenvalue weighted by Gasteiger charge is 2.31. The summed E-state index contributed by atoms with van der Waals surface area (Å²) in [5.41, 5.74) is -1.36. The van der Waals surface area contributed by atoms with Gasteiger partial charge in [-0.15, -0.1) is 11.3 Å². The number of pyridine rings is 1. The maximum atomic E-state index is 12.6. The van der Waals surface area contributed by atoms with Gasteiger partial charge in [-0.1, -0.05) is 11.6 Å². The van der Waals surface area contributed by atoms with Crippen molar-refractivity contribution in [3.63, 3.8) is 0 Å². The molecule has 13 heteroatoms. The lowest BCUT2D eigenvalue weighted by Crippen LogP contribution is -2.24. The SMILES string of the molecule is O=C(COC(=O)CCn1cnc2sccc2c1=O)Nc1ncc(C(F)(F)F)cc1Cl. The van der Waals surface area contributed by atoms with E-state index in [0.29, 0.717) is 22.5 Å². The lowest BCUT2D eigenvalue weighted by atomic mass is 10.3. The number of alkyl halides is 3. The van der Waals surface area contributed by atoms with Gasteiger partial charge >= 0.3 is 12.1 Å². The van der Waals surface area contributed by atoms with Gasteiger partial charge in [-0.3, -0.25) is 19.0 Å². The van der Waals surface area contributed by atoms with Gasteiger partial charge in [-0.05, 0) is 17.5 Å². The van der Waals surface area contributed by atoms with Crippen LogP contribution in [0.3, 0.4) is 0 Å². The van der Waals surface area contributed by atoms with Gasteiger partial charge in [-0.25, -0.2) is 9.97 Å². The van der Waals surface area contributed by atoms with E-state index in [1.54, 1.807) is 11.4 Å². The summed E-state index contributed by atoms with van der Waals surface area (Å²) >= 11 is 7.00. The first-order valence-corrected chi connectivity index (χ1v) is 9.52. The molecule has 0 aromatic carbocycles. The number of carbonyl (C=O) groups excluding carboxylic acids is 2. The number of hydrogen-bond donors (Lipinski definition) is 1. The molecule has 0 unspecified atom stereocenters. The highest BCUT2D eigenvalue weighted by atomic mass is 35.5. The smallest absolute Gasteiger partial charge is 0.417 e. The van der Waals surface area contributed by atoms with Crippen molar-refractivity contribution in [2.75, 3.05) is 11.9 Å². The molecule has 0 bridgehead atoms. The summed E-state index contributed by atoms with van der Waals surface area (Å²) < 4.78 is 43.8. The van der Waals surface area contributed by atoms with E-state index in [1.807, 2.05) is 0 Å². The monoisotopic (exact) mass is 460 g/mol. The molecule has 0 saturated heterocycles. The predicted octanol–water partition coefficient (Wildman–Crippen LogP) is 3.10. The Morgan fingerprint density at radius 2 is 2.07 bits per heavy atom. The number of nitrogens with one attached hydrogen (secondary N) is 1. The minimum atomic E-state index is -4.62. The van der Waals surface area contributed by atoms with Crippen LogP contribution in [-0.2, 0) is 27.0 Å². The normalized spacial score (nSPS) is 11.5. The standard InChI is InChI=1S/C17H12ClF3N4O4S/c18-11-5-9(17(19,20)21)6-22-14(11)24-12(26)7-29-13(27)1-3-25-8-23-15-10(16(25)28)2-4-30-15/h2,4-6,8H,1,3,7H2,(H,22,24,26). The molecule has 1 N–H and O–H groups in total. The molecule has 3 rings (SSSR count). The number of nitrogens with zero attached hydrogens (tertiary/aromatic N) is 3. The quantitative estimate of drug-likeness (QED) is 0.567. The summed E-state index contributed by atoms with van der Waals surface area (Å²) in [6.07, 6.45) is -2.98. The van der Waals surface area contributed by atoms with Gasteiger partial charge < -0.3 is 10.1 Å². The van der Waals surface area contributed by atoms with Crippen molar-refractivity contribution in [1.29, 1.82) is 0 Å². The molecule has 0 aliphatic carbocycles. The maximum absolute atomic E-state index is 12.6. The molecule has 30 heavy (non-hydrogen) atoms. The second-order valence-electron chi connectivity index (χ2n) is 5.89. The number of carbonyl (C=O) groups is 2. The van der Waals surface area contributed by atoms with E-state index in [-0.39, 0.29) is 24.3 Å². The molecule has 1 amide bonds. The number of rotatable bonds is 6. The molecule has 0 saturated carbocycles. The van der Waals surface area contributed by atoms with Crippen molar-refractivity contribution in [2.45, 2.75) is 19.1 Å². The Balaban J connectivity index is 1.50. The first-order valence-electron chi connectivity index (χ1n) is 8.26. The zero-order chi connectivity index (χ0) is 21.9. The Hall–Kier alpha value is -2.99. The highest BCUT2D eigenvalue weighted by Crippen LogP contribution is 2.32. The molecule has 3 heterocycles. The second kappa shape index (κ2) is 8.79. The Morgan fingerprint density at radius 3 is 2.77 bits per heavy atom. The largest absolute Gasteiger partial charge is 0.456 e. The minimum Gasteiger partial charge on any atom is -0.456 e. The Morgan fingerprint density at radius 1 is 1.30 bits per heavy atom. The average Bonchev–Trinajstić information content (AvgIpc) is 3.16. The molecule has 8 nitrogen and oxygen atoms in total. The van der Waals surface area contributed by atoms with Gasteiger partial charge in [0.15, 0.2) is 12.4 Å². The van der Waals surface area contributed by atoms with Crippen molar-refractivity contribution in [3.8, 4) is 0 Å². The lowest BCUT2D eigenvalue weighted by molar-refractivity contribution is -0.147. The Bertz CT molecular complexity index is 1160. The number of aryl methyl sites for hydroxylation is 1. The molecule has 3 aromatic rings. The summed E-state index contributed by atoms with van der Waals surface area (Å²) in [6, 6.07) is 2.25. The fourth-order valence-electron chi connectivity index (χ4n) is 2.34. The third-order valence-electron chi connectivity index (χ3n) is 3.80. The Labute approximate surface area is 175 Å². The van der Waals surface area contributed by atoms with Crippen LogP contribution in [-0.4, -0.2) is 33.0 Å². The van der Waals surface area contributed by atoms with E-state index < -0.39 is 35.2 Å². The van der Waals surface area contributed by atoms with Crippen LogP contribution in [0, 0.1) is 0 Å². The van der Waals surface area contributed by atoms with Crippen molar-refractivity contribution in [1.82, 2.24) is 14.5 Å². The second-order valence-corrected chi connectivity index (χ2v) is 7.20. The molecule has 0 aliphatic heterocycles. The highest BCUT2D eigenvalue weighted by molar-refractivity contribution is 7.16. The van der Waals surface area contributed by atoms with E-state index in [0.717, 1.165) is 0 Å². The number of halogens is 4.